The second kappa shape index (κ2) is 4.21. The van der Waals surface area contributed by atoms with E-state index in [0.717, 1.165) is 6.42 Å². The molecule has 96 valence electrons. The van der Waals surface area contributed by atoms with Crippen LogP contribution in [-0.2, 0) is 6.42 Å². The molecule has 1 saturated heterocycles. The molecule has 19 heavy (non-hydrogen) atoms. The summed E-state index contributed by atoms with van der Waals surface area (Å²) in [5, 5.41) is 0. The first-order valence-electron chi connectivity index (χ1n) is 7.24. The summed E-state index contributed by atoms with van der Waals surface area (Å²) in [5.74, 6) is 0. The minimum absolute atomic E-state index is 0.623. The molecule has 1 heteroatoms. The van der Waals surface area contributed by atoms with E-state index in [1.807, 2.05) is 0 Å². The zero-order valence-corrected chi connectivity index (χ0v) is 11.4. The van der Waals surface area contributed by atoms with Crippen LogP contribution in [0.3, 0.4) is 0 Å². The van der Waals surface area contributed by atoms with Crippen LogP contribution in [0.15, 0.2) is 42.5 Å². The van der Waals surface area contributed by atoms with E-state index >= 15 is 0 Å². The fraction of sp³-hybridized carbons (Fsp3) is 0.333. The molecule has 0 N–H and O–H groups in total. The summed E-state index contributed by atoms with van der Waals surface area (Å²) in [6, 6.07) is 16.6. The smallest absolute Gasteiger partial charge is 0.0345 e. The monoisotopic (exact) mass is 249 g/mol. The Kier molecular flexibility index (Phi) is 2.49. The summed E-state index contributed by atoms with van der Waals surface area (Å²) < 4.78 is 0. The zero-order chi connectivity index (χ0) is 12.8. The van der Waals surface area contributed by atoms with Gasteiger partial charge in [0, 0.05) is 6.04 Å². The molecular weight excluding hydrogens is 230 g/mol. The molecule has 2 aromatic rings. The third-order valence-corrected chi connectivity index (χ3v) is 4.73. The number of rotatable bonds is 1. The molecule has 1 fully saturated rings. The van der Waals surface area contributed by atoms with Crippen LogP contribution in [0.25, 0.3) is 11.1 Å². The number of benzene rings is 2. The van der Waals surface area contributed by atoms with Crippen LogP contribution in [0, 0.1) is 0 Å². The van der Waals surface area contributed by atoms with E-state index in [0.29, 0.717) is 6.04 Å². The van der Waals surface area contributed by atoms with Crippen molar-refractivity contribution in [2.45, 2.75) is 25.3 Å². The fourth-order valence-corrected chi connectivity index (χ4v) is 3.68. The number of nitrogens with zero attached hydrogens (tertiary/aromatic N) is 1. The Morgan fingerprint density at radius 3 is 2.68 bits per heavy atom. The molecule has 0 bridgehead atoms. The Hall–Kier alpha value is -1.60. The van der Waals surface area contributed by atoms with Crippen molar-refractivity contribution in [3.8, 4) is 11.1 Å². The van der Waals surface area contributed by atoms with Gasteiger partial charge in [-0.25, -0.2) is 0 Å². The molecule has 0 aromatic heterocycles. The highest BCUT2D eigenvalue weighted by Crippen LogP contribution is 2.39. The normalized spacial score (nSPS) is 21.4. The van der Waals surface area contributed by atoms with Gasteiger partial charge >= 0.3 is 0 Å². The van der Waals surface area contributed by atoms with Crippen molar-refractivity contribution in [1.29, 1.82) is 0 Å². The topological polar surface area (TPSA) is 3.24 Å². The third-order valence-electron chi connectivity index (χ3n) is 4.73. The molecule has 4 rings (SSSR count). The van der Waals surface area contributed by atoms with Crippen molar-refractivity contribution in [3.05, 3.63) is 59.2 Å². The largest absolute Gasteiger partial charge is 0.299 e. The van der Waals surface area contributed by atoms with Gasteiger partial charge in [0.1, 0.15) is 0 Å². The lowest BCUT2D eigenvalue weighted by molar-refractivity contribution is 0.317. The number of fused-ring (bicyclic) bond motifs is 3. The number of hydrogen-bond acceptors (Lipinski definition) is 1. The second-order valence-electron chi connectivity index (χ2n) is 5.89. The van der Waals surface area contributed by atoms with E-state index < -0.39 is 0 Å². The van der Waals surface area contributed by atoms with Gasteiger partial charge in [0.25, 0.3) is 0 Å². The Bertz CT molecular complexity index is 629. The molecule has 1 nitrogen and oxygen atoms in total. The SMILES string of the molecule is CN1CCCC1c1ccc2c(c1)-c1ccccc1C2. The van der Waals surface area contributed by atoms with Gasteiger partial charge < -0.3 is 0 Å². The summed E-state index contributed by atoms with van der Waals surface area (Å²) in [5.41, 5.74) is 7.38. The predicted octanol–water partition coefficient (Wildman–Crippen LogP) is 4.02. The van der Waals surface area contributed by atoms with Crippen molar-refractivity contribution in [2.75, 3.05) is 13.6 Å². The highest BCUT2D eigenvalue weighted by molar-refractivity contribution is 5.77. The quantitative estimate of drug-likeness (QED) is 0.629. The summed E-state index contributed by atoms with van der Waals surface area (Å²) in [6.07, 6.45) is 3.73. The minimum atomic E-state index is 0.623. The maximum Gasteiger partial charge on any atom is 0.0345 e. The molecule has 0 radical (unpaired) electrons. The van der Waals surface area contributed by atoms with Gasteiger partial charge in [-0.05, 0) is 66.7 Å². The van der Waals surface area contributed by atoms with Crippen molar-refractivity contribution in [3.63, 3.8) is 0 Å². The molecule has 1 heterocycles. The van der Waals surface area contributed by atoms with Crippen LogP contribution in [-0.4, -0.2) is 18.5 Å². The molecule has 2 aliphatic rings. The summed E-state index contributed by atoms with van der Waals surface area (Å²) in [7, 11) is 2.25. The lowest BCUT2D eigenvalue weighted by atomic mass is 9.98. The van der Waals surface area contributed by atoms with E-state index in [1.54, 1.807) is 0 Å². The van der Waals surface area contributed by atoms with Crippen molar-refractivity contribution in [2.24, 2.45) is 0 Å². The van der Waals surface area contributed by atoms with Gasteiger partial charge in [0.15, 0.2) is 0 Å². The molecular formula is C18H19N. The Morgan fingerprint density at radius 2 is 1.84 bits per heavy atom. The van der Waals surface area contributed by atoms with Crippen molar-refractivity contribution >= 4 is 0 Å². The Morgan fingerprint density at radius 1 is 1.00 bits per heavy atom. The van der Waals surface area contributed by atoms with E-state index in [1.165, 1.54) is 47.2 Å². The molecule has 1 aliphatic carbocycles. The van der Waals surface area contributed by atoms with E-state index in [2.05, 4.69) is 54.4 Å². The lowest BCUT2D eigenvalue weighted by Crippen LogP contribution is -2.17. The standard InChI is InChI=1S/C18H19N/c1-19-10-4-7-18(19)15-9-8-14-11-13-5-2-3-6-16(13)17(14)12-15/h2-3,5-6,8-9,12,18H,4,7,10-11H2,1H3. The predicted molar refractivity (Wildman–Crippen MR) is 79.3 cm³/mol. The number of hydrogen-bond donors (Lipinski definition) is 0. The Balaban J connectivity index is 1.80. The maximum atomic E-state index is 2.49. The summed E-state index contributed by atoms with van der Waals surface area (Å²) in [4.78, 5) is 2.49. The van der Waals surface area contributed by atoms with Crippen molar-refractivity contribution < 1.29 is 0 Å². The minimum Gasteiger partial charge on any atom is -0.299 e. The first-order valence-corrected chi connectivity index (χ1v) is 7.24. The fourth-order valence-electron chi connectivity index (χ4n) is 3.68. The van der Waals surface area contributed by atoms with Crippen LogP contribution < -0.4 is 0 Å². The zero-order valence-electron chi connectivity index (χ0n) is 11.4. The van der Waals surface area contributed by atoms with Gasteiger partial charge in [-0.2, -0.15) is 0 Å². The van der Waals surface area contributed by atoms with E-state index in [-0.39, 0.29) is 0 Å². The molecule has 2 aromatic carbocycles. The van der Waals surface area contributed by atoms with Gasteiger partial charge in [-0.1, -0.05) is 36.4 Å². The van der Waals surface area contributed by atoms with Gasteiger partial charge in [-0.3, -0.25) is 4.90 Å². The molecule has 1 atom stereocenters. The van der Waals surface area contributed by atoms with Crippen LogP contribution in [0.1, 0.15) is 35.6 Å². The Labute approximate surface area is 114 Å². The van der Waals surface area contributed by atoms with Crippen molar-refractivity contribution in [1.82, 2.24) is 4.90 Å². The second-order valence-corrected chi connectivity index (χ2v) is 5.89. The lowest BCUT2D eigenvalue weighted by Gasteiger charge is -2.20. The van der Waals surface area contributed by atoms with Gasteiger partial charge in [0.05, 0.1) is 0 Å². The molecule has 1 aliphatic heterocycles. The van der Waals surface area contributed by atoms with E-state index in [9.17, 15) is 0 Å². The van der Waals surface area contributed by atoms with Crippen LogP contribution in [0.4, 0.5) is 0 Å². The molecule has 0 spiro atoms. The van der Waals surface area contributed by atoms with E-state index in [4.69, 9.17) is 0 Å². The van der Waals surface area contributed by atoms with Crippen LogP contribution in [0.5, 0.6) is 0 Å². The molecule has 1 unspecified atom stereocenters. The third kappa shape index (κ3) is 1.73. The first-order chi connectivity index (χ1) is 9.33. The number of likely N-dealkylation sites (tertiary alicyclic amines) is 1. The highest BCUT2D eigenvalue weighted by Gasteiger charge is 2.25. The maximum absolute atomic E-state index is 2.49. The van der Waals surface area contributed by atoms with Crippen LogP contribution >= 0.6 is 0 Å². The highest BCUT2D eigenvalue weighted by atomic mass is 15.1. The average molecular weight is 249 g/mol. The van der Waals surface area contributed by atoms with Crippen LogP contribution in [0.2, 0.25) is 0 Å². The van der Waals surface area contributed by atoms with Gasteiger partial charge in [0.2, 0.25) is 0 Å². The summed E-state index contributed by atoms with van der Waals surface area (Å²) >= 11 is 0. The molecule has 0 saturated carbocycles. The first kappa shape index (κ1) is 11.2. The average Bonchev–Trinajstić information content (AvgIpc) is 3.01. The molecule has 0 amide bonds. The summed E-state index contributed by atoms with van der Waals surface area (Å²) in [6.45, 7) is 1.23. The van der Waals surface area contributed by atoms with Gasteiger partial charge in [-0.15, -0.1) is 0 Å².